The summed E-state index contributed by atoms with van der Waals surface area (Å²) in [5.74, 6) is -6.23. The van der Waals surface area contributed by atoms with Gasteiger partial charge in [0, 0.05) is 14.9 Å². The lowest BCUT2D eigenvalue weighted by Gasteiger charge is -2.47. The molecule has 0 saturated heterocycles. The number of fused-ring (bicyclic) bond motifs is 3. The predicted octanol–water partition coefficient (Wildman–Crippen LogP) is 1.06. The first-order valence-electron chi connectivity index (χ1n) is 9.72. The van der Waals surface area contributed by atoms with Crippen molar-refractivity contribution in [2.75, 3.05) is 14.1 Å². The minimum absolute atomic E-state index is 0.0319. The number of Topliss-reactive ketones (excluding diaryl/α,β-unsaturated/α-hetero) is 2. The Labute approximate surface area is 196 Å². The highest BCUT2D eigenvalue weighted by Gasteiger charge is 2.63. The molecular weight excluding hydrogens is 531 g/mol. The van der Waals surface area contributed by atoms with E-state index in [0.717, 1.165) is 3.57 Å². The number of carbonyl (C=O) groups is 3. The molecule has 0 aromatic heterocycles. The van der Waals surface area contributed by atoms with E-state index in [0.29, 0.717) is 16.5 Å². The number of aryl methyl sites for hydroxylation is 1. The van der Waals surface area contributed by atoms with Crippen molar-refractivity contribution in [3.8, 4) is 11.5 Å². The minimum atomic E-state index is -2.73. The molecule has 3 atom stereocenters. The Morgan fingerprint density at radius 1 is 1.16 bits per heavy atom. The van der Waals surface area contributed by atoms with Crippen LogP contribution < -0.4 is 5.73 Å². The largest absolute Gasteiger partial charge is 0.510 e. The van der Waals surface area contributed by atoms with Crippen LogP contribution in [0.3, 0.4) is 0 Å². The summed E-state index contributed by atoms with van der Waals surface area (Å²) in [7, 11) is 3.14. The molecule has 2 aliphatic rings. The first-order chi connectivity index (χ1) is 14.8. The normalized spacial score (nSPS) is 25.3. The summed E-state index contributed by atoms with van der Waals surface area (Å²) in [5.41, 5.74) is 2.43. The number of hydrogen-bond acceptors (Lipinski definition) is 8. The molecule has 0 spiro atoms. The Hall–Kier alpha value is -2.70. The lowest BCUT2D eigenvalue weighted by molar-refractivity contribution is -0.140. The molecule has 0 aliphatic heterocycles. The van der Waals surface area contributed by atoms with Crippen LogP contribution in [0.25, 0.3) is 10.8 Å². The highest BCUT2D eigenvalue weighted by atomic mass is 127. The average Bonchev–Trinajstić information content (AvgIpc) is 2.69. The van der Waals surface area contributed by atoms with Gasteiger partial charge in [-0.3, -0.25) is 19.3 Å². The van der Waals surface area contributed by atoms with Crippen LogP contribution >= 0.6 is 22.6 Å². The van der Waals surface area contributed by atoms with Gasteiger partial charge in [0.2, 0.25) is 11.6 Å². The molecule has 0 saturated carbocycles. The zero-order valence-electron chi connectivity index (χ0n) is 17.4. The standard InChI is InChI=1S/C22H21IN2O7/c1-7-8-6-9-16(25(2)3)18(28)15(21(24)31)20(30)22(9,32)19(29)13(8)17(27)14-11(26)5-4-10(23)12(7)14/h4-5,9,16,26-28,32H,6H2,1-3H3,(H2,24,31)/t9-,16-,22-/m0/s1. The van der Waals surface area contributed by atoms with Crippen LogP contribution in [-0.2, 0) is 16.0 Å². The molecule has 6 N–H and O–H groups in total. The van der Waals surface area contributed by atoms with Gasteiger partial charge in [0.1, 0.15) is 22.8 Å². The van der Waals surface area contributed by atoms with Gasteiger partial charge >= 0.3 is 0 Å². The van der Waals surface area contributed by atoms with Crippen LogP contribution in [0.5, 0.6) is 11.5 Å². The number of halogens is 1. The fourth-order valence-corrected chi connectivity index (χ4v) is 5.96. The third-order valence-corrected chi connectivity index (χ3v) is 7.46. The van der Waals surface area contributed by atoms with E-state index in [9.17, 15) is 34.8 Å². The summed E-state index contributed by atoms with van der Waals surface area (Å²) in [5, 5.41) is 44.2. The number of aromatic hydroxyl groups is 2. The number of ketones is 2. The van der Waals surface area contributed by atoms with Crippen molar-refractivity contribution in [1.29, 1.82) is 0 Å². The fourth-order valence-electron chi connectivity index (χ4n) is 5.10. The second kappa shape index (κ2) is 7.15. The molecule has 2 aromatic carbocycles. The first kappa shape index (κ1) is 22.5. The van der Waals surface area contributed by atoms with Gasteiger partial charge in [-0.15, -0.1) is 0 Å². The van der Waals surface area contributed by atoms with Crippen molar-refractivity contribution in [1.82, 2.24) is 4.90 Å². The second-order valence-corrected chi connectivity index (χ2v) is 9.57. The average molecular weight is 552 g/mol. The maximum Gasteiger partial charge on any atom is 0.255 e. The summed E-state index contributed by atoms with van der Waals surface area (Å²) in [6.07, 6.45) is -0.0523. The lowest BCUT2D eigenvalue weighted by Crippen LogP contribution is -2.66. The van der Waals surface area contributed by atoms with Gasteiger partial charge in [-0.2, -0.15) is 0 Å². The molecule has 1 amide bonds. The molecule has 0 unspecified atom stereocenters. The van der Waals surface area contributed by atoms with Crippen LogP contribution in [0.2, 0.25) is 0 Å². The third kappa shape index (κ3) is 2.66. The molecule has 168 valence electrons. The van der Waals surface area contributed by atoms with Gasteiger partial charge in [-0.05, 0) is 73.3 Å². The van der Waals surface area contributed by atoms with Crippen LogP contribution in [0.4, 0.5) is 0 Å². The van der Waals surface area contributed by atoms with Gasteiger partial charge in [0.05, 0.1) is 17.0 Å². The number of nitrogens with zero attached hydrogens (tertiary/aromatic N) is 1. The number of nitrogens with two attached hydrogens (primary N) is 1. The molecule has 0 fully saturated rings. The molecule has 2 aliphatic carbocycles. The van der Waals surface area contributed by atoms with E-state index in [2.05, 4.69) is 22.6 Å². The molecule has 9 nitrogen and oxygen atoms in total. The Morgan fingerprint density at radius 2 is 1.78 bits per heavy atom. The number of aliphatic hydroxyl groups excluding tert-OH is 1. The Bertz CT molecular complexity index is 1280. The van der Waals surface area contributed by atoms with Crippen molar-refractivity contribution >= 4 is 50.8 Å². The van der Waals surface area contributed by atoms with Gasteiger partial charge in [0.25, 0.3) is 5.91 Å². The van der Waals surface area contributed by atoms with Crippen LogP contribution in [-0.4, -0.2) is 68.5 Å². The SMILES string of the molecule is Cc1c2c(c(O)c3c(O)ccc(I)c13)C(=O)[C@]1(O)C(=O)C(C(N)=O)=C(O)[C@@H](N(C)C)[C@@H]1C2. The number of phenols is 2. The molecular formula is C22H21IN2O7. The lowest BCUT2D eigenvalue weighted by atomic mass is 9.60. The predicted molar refractivity (Wildman–Crippen MR) is 123 cm³/mol. The van der Waals surface area contributed by atoms with Crippen molar-refractivity contribution in [2.24, 2.45) is 11.7 Å². The van der Waals surface area contributed by atoms with Crippen molar-refractivity contribution < 1.29 is 34.8 Å². The zero-order chi connectivity index (χ0) is 23.9. The molecule has 0 radical (unpaired) electrons. The first-order valence-corrected chi connectivity index (χ1v) is 10.8. The summed E-state index contributed by atoms with van der Waals surface area (Å²) in [6, 6.07) is 1.98. The Balaban J connectivity index is 2.11. The zero-order valence-corrected chi connectivity index (χ0v) is 19.6. The van der Waals surface area contributed by atoms with Gasteiger partial charge in [-0.25, -0.2) is 0 Å². The number of benzene rings is 2. The summed E-state index contributed by atoms with van der Waals surface area (Å²) in [4.78, 5) is 40.3. The van der Waals surface area contributed by atoms with Crippen molar-refractivity contribution in [3.05, 3.63) is 43.7 Å². The maximum atomic E-state index is 13.6. The summed E-state index contributed by atoms with van der Waals surface area (Å²) in [6.45, 7) is 1.72. The highest BCUT2D eigenvalue weighted by molar-refractivity contribution is 14.1. The van der Waals surface area contributed by atoms with E-state index >= 15 is 0 Å². The topological polar surface area (TPSA) is 161 Å². The molecule has 0 heterocycles. The molecule has 4 rings (SSSR count). The smallest absolute Gasteiger partial charge is 0.255 e. The number of hydrogen-bond donors (Lipinski definition) is 5. The number of amides is 1. The fraction of sp³-hybridized carbons (Fsp3) is 0.318. The summed E-state index contributed by atoms with van der Waals surface area (Å²) >= 11 is 2.05. The van der Waals surface area contributed by atoms with E-state index in [1.54, 1.807) is 27.1 Å². The van der Waals surface area contributed by atoms with Crippen molar-refractivity contribution in [3.63, 3.8) is 0 Å². The molecule has 0 bridgehead atoms. The maximum absolute atomic E-state index is 13.6. The number of phenolic OH excluding ortho intramolecular Hbond substituents is 2. The third-order valence-electron chi connectivity index (χ3n) is 6.56. The van der Waals surface area contributed by atoms with E-state index in [1.807, 2.05) is 0 Å². The minimum Gasteiger partial charge on any atom is -0.510 e. The molecule has 10 heteroatoms. The number of carbonyl (C=O) groups excluding carboxylic acids is 3. The summed E-state index contributed by atoms with van der Waals surface area (Å²) < 4.78 is 0.724. The monoisotopic (exact) mass is 552 g/mol. The highest BCUT2D eigenvalue weighted by Crippen LogP contribution is 2.50. The molecule has 2 aromatic rings. The van der Waals surface area contributed by atoms with Crippen LogP contribution in [0, 0.1) is 16.4 Å². The number of rotatable bonds is 2. The van der Waals surface area contributed by atoms with E-state index < -0.39 is 52.1 Å². The van der Waals surface area contributed by atoms with E-state index in [-0.39, 0.29) is 23.1 Å². The van der Waals surface area contributed by atoms with Crippen LogP contribution in [0.1, 0.15) is 21.5 Å². The number of aliphatic hydroxyl groups is 2. The van der Waals surface area contributed by atoms with Crippen molar-refractivity contribution in [2.45, 2.75) is 25.0 Å². The Morgan fingerprint density at radius 3 is 2.34 bits per heavy atom. The number of primary amides is 1. The second-order valence-electron chi connectivity index (χ2n) is 8.41. The van der Waals surface area contributed by atoms with E-state index in [4.69, 9.17) is 5.73 Å². The van der Waals surface area contributed by atoms with Gasteiger partial charge in [0.15, 0.2) is 5.60 Å². The number of likely N-dealkylation sites (N-methyl/N-ethyl adjacent to an activating group) is 1. The Kier molecular flexibility index (Phi) is 5.03. The quantitative estimate of drug-likeness (QED) is 0.210. The van der Waals surface area contributed by atoms with Gasteiger partial charge < -0.3 is 26.2 Å². The van der Waals surface area contributed by atoms with Crippen LogP contribution in [0.15, 0.2) is 23.5 Å². The molecule has 32 heavy (non-hydrogen) atoms. The van der Waals surface area contributed by atoms with E-state index in [1.165, 1.54) is 11.0 Å². The van der Waals surface area contributed by atoms with Gasteiger partial charge in [-0.1, -0.05) is 0 Å².